The molecule has 0 radical (unpaired) electrons. The van der Waals surface area contributed by atoms with Crippen LogP contribution in [0.3, 0.4) is 0 Å². The summed E-state index contributed by atoms with van der Waals surface area (Å²) in [4.78, 5) is 46.8. The number of rotatable bonds is 6. The van der Waals surface area contributed by atoms with E-state index in [2.05, 4.69) is 0 Å². The molecule has 1 aliphatic rings. The summed E-state index contributed by atoms with van der Waals surface area (Å²) in [6.45, 7) is 4.88. The zero-order valence-corrected chi connectivity index (χ0v) is 15.7. The molecule has 0 aromatic heterocycles. The van der Waals surface area contributed by atoms with E-state index in [-0.39, 0.29) is 37.8 Å². The lowest BCUT2D eigenvalue weighted by Crippen LogP contribution is -2.49. The van der Waals surface area contributed by atoms with Crippen LogP contribution in [-0.2, 0) is 35.2 Å². The number of benzene rings is 1. The first kappa shape index (κ1) is 20.4. The quantitative estimate of drug-likeness (QED) is 0.544. The second-order valence-corrected chi connectivity index (χ2v) is 6.53. The molecule has 0 atom stereocenters. The molecular formula is C19H22O8. The van der Waals surface area contributed by atoms with Crippen LogP contribution < -0.4 is 4.74 Å². The second-order valence-electron chi connectivity index (χ2n) is 6.53. The number of carbonyl (C=O) groups is 4. The van der Waals surface area contributed by atoms with E-state index in [9.17, 15) is 19.2 Å². The fraction of sp³-hybridized carbons (Fsp3) is 0.474. The maximum Gasteiger partial charge on any atom is 0.302 e. The summed E-state index contributed by atoms with van der Waals surface area (Å²) in [5, 5.41) is 0. The van der Waals surface area contributed by atoms with Crippen LogP contribution in [-0.4, -0.2) is 43.5 Å². The van der Waals surface area contributed by atoms with Crippen molar-refractivity contribution in [2.45, 2.75) is 34.3 Å². The summed E-state index contributed by atoms with van der Waals surface area (Å²) in [5.41, 5.74) is 0.255. The van der Waals surface area contributed by atoms with E-state index in [1.54, 1.807) is 19.1 Å². The predicted molar refractivity (Wildman–Crippen MR) is 92.2 cm³/mol. The summed E-state index contributed by atoms with van der Waals surface area (Å²) in [5.74, 6) is -1.51. The Labute approximate surface area is 156 Å². The third-order valence-corrected chi connectivity index (χ3v) is 4.10. The van der Waals surface area contributed by atoms with Gasteiger partial charge in [0.2, 0.25) is 0 Å². The van der Waals surface area contributed by atoms with Gasteiger partial charge in [-0.1, -0.05) is 0 Å². The first-order valence-electron chi connectivity index (χ1n) is 8.36. The van der Waals surface area contributed by atoms with E-state index in [4.69, 9.17) is 18.9 Å². The predicted octanol–water partition coefficient (Wildman–Crippen LogP) is 1.75. The molecule has 1 aliphatic heterocycles. The van der Waals surface area contributed by atoms with Crippen LogP contribution in [0.5, 0.6) is 5.75 Å². The smallest absolute Gasteiger partial charge is 0.302 e. The summed E-state index contributed by atoms with van der Waals surface area (Å²) < 4.78 is 20.8. The summed E-state index contributed by atoms with van der Waals surface area (Å²) >= 11 is 0. The van der Waals surface area contributed by atoms with Gasteiger partial charge < -0.3 is 18.9 Å². The van der Waals surface area contributed by atoms with Gasteiger partial charge in [-0.15, -0.1) is 0 Å². The minimum Gasteiger partial charge on any atom is -0.491 e. The SMILES string of the molecule is CC(=O)OCc1cc(C)c2c(c1)C(=O)C(COC(C)=O)(COC(C)=O)CO2. The minimum atomic E-state index is -1.34. The largest absolute Gasteiger partial charge is 0.491 e. The fourth-order valence-corrected chi connectivity index (χ4v) is 2.77. The molecule has 146 valence electrons. The molecule has 8 heteroatoms. The van der Waals surface area contributed by atoms with Crippen LogP contribution in [0.25, 0.3) is 0 Å². The molecule has 1 heterocycles. The Balaban J connectivity index is 2.39. The number of aryl methyl sites for hydroxylation is 1. The van der Waals surface area contributed by atoms with E-state index in [0.717, 1.165) is 0 Å². The van der Waals surface area contributed by atoms with E-state index in [0.29, 0.717) is 16.9 Å². The van der Waals surface area contributed by atoms with Crippen molar-refractivity contribution in [3.05, 3.63) is 28.8 Å². The van der Waals surface area contributed by atoms with Crippen molar-refractivity contribution in [3.63, 3.8) is 0 Å². The standard InChI is InChI=1S/C19H22O8/c1-11-5-15(7-24-12(2)20)6-16-17(11)27-10-19(18(16)23,8-25-13(3)21)9-26-14(4)22/h5-6H,7-10H2,1-4H3. The Kier molecular flexibility index (Phi) is 6.20. The van der Waals surface area contributed by atoms with Gasteiger partial charge in [0.1, 0.15) is 37.6 Å². The number of esters is 3. The van der Waals surface area contributed by atoms with Gasteiger partial charge in [0, 0.05) is 20.8 Å². The molecule has 0 saturated carbocycles. The van der Waals surface area contributed by atoms with Gasteiger partial charge in [-0.3, -0.25) is 19.2 Å². The van der Waals surface area contributed by atoms with Crippen LogP contribution in [0, 0.1) is 12.3 Å². The normalized spacial score (nSPS) is 14.6. The highest BCUT2D eigenvalue weighted by atomic mass is 16.6. The van der Waals surface area contributed by atoms with Crippen LogP contribution in [0.15, 0.2) is 12.1 Å². The molecule has 8 nitrogen and oxygen atoms in total. The van der Waals surface area contributed by atoms with Gasteiger partial charge >= 0.3 is 17.9 Å². The topological polar surface area (TPSA) is 105 Å². The molecule has 0 spiro atoms. The zero-order chi connectivity index (χ0) is 20.2. The average molecular weight is 378 g/mol. The molecule has 0 amide bonds. The van der Waals surface area contributed by atoms with Gasteiger partial charge in [-0.05, 0) is 30.2 Å². The van der Waals surface area contributed by atoms with E-state index < -0.39 is 23.3 Å². The van der Waals surface area contributed by atoms with Crippen molar-refractivity contribution in [1.82, 2.24) is 0 Å². The summed E-state index contributed by atoms with van der Waals surface area (Å²) in [7, 11) is 0. The average Bonchev–Trinajstić information content (AvgIpc) is 2.59. The van der Waals surface area contributed by atoms with E-state index in [1.165, 1.54) is 20.8 Å². The third kappa shape index (κ3) is 4.84. The summed E-state index contributed by atoms with van der Waals surface area (Å²) in [6, 6.07) is 3.34. The Hall–Kier alpha value is -2.90. The third-order valence-electron chi connectivity index (χ3n) is 4.10. The van der Waals surface area contributed by atoms with Crippen molar-refractivity contribution in [2.75, 3.05) is 19.8 Å². The van der Waals surface area contributed by atoms with E-state index >= 15 is 0 Å². The number of fused-ring (bicyclic) bond motifs is 1. The van der Waals surface area contributed by atoms with Crippen molar-refractivity contribution in [1.29, 1.82) is 0 Å². The Bertz CT molecular complexity index is 762. The maximum absolute atomic E-state index is 13.2. The van der Waals surface area contributed by atoms with Crippen molar-refractivity contribution < 1.29 is 38.1 Å². The Morgan fingerprint density at radius 3 is 2.07 bits per heavy atom. The zero-order valence-electron chi connectivity index (χ0n) is 15.7. The number of hydrogen-bond acceptors (Lipinski definition) is 8. The molecule has 0 unspecified atom stereocenters. The van der Waals surface area contributed by atoms with Crippen LogP contribution in [0.4, 0.5) is 0 Å². The second kappa shape index (κ2) is 8.20. The monoisotopic (exact) mass is 378 g/mol. The minimum absolute atomic E-state index is 0.0115. The number of ether oxygens (including phenoxy) is 4. The van der Waals surface area contributed by atoms with Crippen molar-refractivity contribution in [3.8, 4) is 5.75 Å². The first-order valence-corrected chi connectivity index (χ1v) is 8.36. The molecule has 2 rings (SSSR count). The lowest BCUT2D eigenvalue weighted by Gasteiger charge is -2.35. The number of Topliss-reactive ketones (excluding diaryl/α,β-unsaturated/α-hetero) is 1. The molecular weight excluding hydrogens is 356 g/mol. The Morgan fingerprint density at radius 1 is 1.00 bits per heavy atom. The molecule has 0 fully saturated rings. The lowest BCUT2D eigenvalue weighted by atomic mass is 9.79. The van der Waals surface area contributed by atoms with Crippen LogP contribution in [0.1, 0.15) is 42.3 Å². The highest BCUT2D eigenvalue weighted by Crippen LogP contribution is 2.38. The highest BCUT2D eigenvalue weighted by Gasteiger charge is 2.47. The van der Waals surface area contributed by atoms with Gasteiger partial charge in [0.05, 0.1) is 5.56 Å². The Morgan fingerprint density at radius 2 is 1.56 bits per heavy atom. The molecule has 0 aliphatic carbocycles. The first-order chi connectivity index (χ1) is 12.6. The molecule has 0 saturated heterocycles. The fourth-order valence-electron chi connectivity index (χ4n) is 2.77. The van der Waals surface area contributed by atoms with E-state index in [1.807, 2.05) is 0 Å². The number of carbonyl (C=O) groups excluding carboxylic acids is 4. The van der Waals surface area contributed by atoms with Crippen LogP contribution >= 0.6 is 0 Å². The van der Waals surface area contributed by atoms with Gasteiger partial charge in [-0.25, -0.2) is 0 Å². The van der Waals surface area contributed by atoms with Crippen LogP contribution in [0.2, 0.25) is 0 Å². The molecule has 0 bridgehead atoms. The molecule has 27 heavy (non-hydrogen) atoms. The lowest BCUT2D eigenvalue weighted by molar-refractivity contribution is -0.150. The van der Waals surface area contributed by atoms with Gasteiger partial charge in [0.25, 0.3) is 0 Å². The van der Waals surface area contributed by atoms with Gasteiger partial charge in [-0.2, -0.15) is 0 Å². The molecule has 1 aromatic rings. The van der Waals surface area contributed by atoms with Gasteiger partial charge in [0.15, 0.2) is 5.78 Å². The molecule has 0 N–H and O–H groups in total. The number of hydrogen-bond donors (Lipinski definition) is 0. The molecule has 1 aromatic carbocycles. The summed E-state index contributed by atoms with van der Waals surface area (Å²) in [6.07, 6.45) is 0. The number of ketones is 1. The highest BCUT2D eigenvalue weighted by molar-refractivity contribution is 6.04. The van der Waals surface area contributed by atoms with Crippen molar-refractivity contribution >= 4 is 23.7 Å². The van der Waals surface area contributed by atoms with Crippen molar-refractivity contribution in [2.24, 2.45) is 5.41 Å². The maximum atomic E-state index is 13.2.